The van der Waals surface area contributed by atoms with E-state index in [0.717, 1.165) is 6.42 Å². The van der Waals surface area contributed by atoms with Gasteiger partial charge in [-0.3, -0.25) is 9.59 Å². The maximum Gasteiger partial charge on any atom is 0.253 e. The minimum atomic E-state index is -0.174. The van der Waals surface area contributed by atoms with Gasteiger partial charge in [-0.1, -0.05) is 26.0 Å². The molecular formula is C16H25N3O2. The van der Waals surface area contributed by atoms with Crippen molar-refractivity contribution in [2.45, 2.75) is 39.7 Å². The van der Waals surface area contributed by atoms with Crippen LogP contribution in [0.3, 0.4) is 0 Å². The first-order valence-electron chi connectivity index (χ1n) is 7.37. The van der Waals surface area contributed by atoms with Gasteiger partial charge in [0, 0.05) is 12.5 Å². The van der Waals surface area contributed by atoms with E-state index in [2.05, 4.69) is 10.6 Å². The third kappa shape index (κ3) is 5.55. The molecular weight excluding hydrogens is 266 g/mol. The molecule has 0 spiro atoms. The Morgan fingerprint density at radius 2 is 1.90 bits per heavy atom. The first-order chi connectivity index (χ1) is 9.97. The number of carbonyl (C=O) groups excluding carboxylic acids is 2. The molecule has 0 aliphatic carbocycles. The van der Waals surface area contributed by atoms with Crippen LogP contribution in [0, 0.1) is 5.92 Å². The summed E-state index contributed by atoms with van der Waals surface area (Å²) in [5, 5.41) is 5.69. The summed E-state index contributed by atoms with van der Waals surface area (Å²) < 4.78 is 0. The van der Waals surface area contributed by atoms with E-state index < -0.39 is 0 Å². The van der Waals surface area contributed by atoms with E-state index >= 15 is 0 Å². The van der Waals surface area contributed by atoms with Gasteiger partial charge >= 0.3 is 0 Å². The van der Waals surface area contributed by atoms with Crippen molar-refractivity contribution in [2.75, 3.05) is 11.9 Å². The SMILES string of the molecule is CCC(C)NC(=O)c1ccccc1NC(=O)CC(C)CN. The first kappa shape index (κ1) is 17.2. The Hall–Kier alpha value is -1.88. The molecule has 5 heteroatoms. The average Bonchev–Trinajstić information content (AvgIpc) is 2.47. The van der Waals surface area contributed by atoms with Crippen molar-refractivity contribution >= 4 is 17.5 Å². The molecule has 0 saturated heterocycles. The highest BCUT2D eigenvalue weighted by Gasteiger charge is 2.15. The fraction of sp³-hybridized carbons (Fsp3) is 0.500. The number of para-hydroxylation sites is 1. The highest BCUT2D eigenvalue weighted by Crippen LogP contribution is 2.16. The lowest BCUT2D eigenvalue weighted by Gasteiger charge is -2.15. The largest absolute Gasteiger partial charge is 0.350 e. The summed E-state index contributed by atoms with van der Waals surface area (Å²) in [6.45, 7) is 6.33. The number of hydrogen-bond donors (Lipinski definition) is 3. The van der Waals surface area contributed by atoms with Crippen molar-refractivity contribution in [1.82, 2.24) is 5.32 Å². The van der Waals surface area contributed by atoms with Crippen LogP contribution in [0.2, 0.25) is 0 Å². The molecule has 0 aliphatic rings. The normalized spacial score (nSPS) is 13.3. The maximum atomic E-state index is 12.2. The molecule has 0 fully saturated rings. The van der Waals surface area contributed by atoms with Crippen LogP contribution in [0.4, 0.5) is 5.69 Å². The fourth-order valence-electron chi connectivity index (χ4n) is 1.79. The molecule has 1 aromatic rings. The molecule has 1 rings (SSSR count). The molecule has 5 nitrogen and oxygen atoms in total. The second-order valence-corrected chi connectivity index (χ2v) is 5.42. The van der Waals surface area contributed by atoms with Gasteiger partial charge in [0.2, 0.25) is 5.91 Å². The number of nitrogens with two attached hydrogens (primary N) is 1. The summed E-state index contributed by atoms with van der Waals surface area (Å²) in [4.78, 5) is 24.1. The zero-order chi connectivity index (χ0) is 15.8. The quantitative estimate of drug-likeness (QED) is 0.719. The summed E-state index contributed by atoms with van der Waals surface area (Å²) in [7, 11) is 0. The van der Waals surface area contributed by atoms with Crippen molar-refractivity contribution in [1.29, 1.82) is 0 Å². The van der Waals surface area contributed by atoms with Crippen LogP contribution in [0.1, 0.15) is 44.0 Å². The molecule has 0 heterocycles. The van der Waals surface area contributed by atoms with Crippen LogP contribution in [0.25, 0.3) is 0 Å². The van der Waals surface area contributed by atoms with E-state index in [0.29, 0.717) is 24.2 Å². The van der Waals surface area contributed by atoms with E-state index in [9.17, 15) is 9.59 Å². The molecule has 21 heavy (non-hydrogen) atoms. The van der Waals surface area contributed by atoms with Gasteiger partial charge in [0.05, 0.1) is 11.3 Å². The molecule has 0 bridgehead atoms. The van der Waals surface area contributed by atoms with Gasteiger partial charge < -0.3 is 16.4 Å². The fourth-order valence-corrected chi connectivity index (χ4v) is 1.79. The maximum absolute atomic E-state index is 12.2. The van der Waals surface area contributed by atoms with E-state index in [-0.39, 0.29) is 23.8 Å². The van der Waals surface area contributed by atoms with Gasteiger partial charge in [0.1, 0.15) is 0 Å². The van der Waals surface area contributed by atoms with Crippen LogP contribution in [0.5, 0.6) is 0 Å². The van der Waals surface area contributed by atoms with Crippen LogP contribution in [0.15, 0.2) is 24.3 Å². The number of hydrogen-bond acceptors (Lipinski definition) is 3. The van der Waals surface area contributed by atoms with Crippen molar-refractivity contribution in [3.8, 4) is 0 Å². The zero-order valence-corrected chi connectivity index (χ0v) is 13.0. The van der Waals surface area contributed by atoms with Gasteiger partial charge in [-0.05, 0) is 37.9 Å². The molecule has 0 saturated carbocycles. The summed E-state index contributed by atoms with van der Waals surface area (Å²) in [5.41, 5.74) is 6.53. The minimum absolute atomic E-state index is 0.0959. The predicted octanol–water partition coefficient (Wildman–Crippen LogP) is 2.14. The van der Waals surface area contributed by atoms with Crippen molar-refractivity contribution in [3.63, 3.8) is 0 Å². The lowest BCUT2D eigenvalue weighted by molar-refractivity contribution is -0.116. The Labute approximate surface area is 126 Å². The molecule has 0 aromatic heterocycles. The summed E-state index contributed by atoms with van der Waals surface area (Å²) >= 11 is 0. The second kappa shape index (κ2) is 8.42. The number of carbonyl (C=O) groups is 2. The number of benzene rings is 1. The van der Waals surface area contributed by atoms with Gasteiger partial charge in [-0.25, -0.2) is 0 Å². The van der Waals surface area contributed by atoms with Crippen LogP contribution < -0.4 is 16.4 Å². The van der Waals surface area contributed by atoms with Crippen LogP contribution in [-0.4, -0.2) is 24.4 Å². The van der Waals surface area contributed by atoms with E-state index in [1.165, 1.54) is 0 Å². The third-order valence-corrected chi connectivity index (χ3v) is 3.37. The van der Waals surface area contributed by atoms with Gasteiger partial charge in [0.15, 0.2) is 0 Å². The minimum Gasteiger partial charge on any atom is -0.350 e. The topological polar surface area (TPSA) is 84.2 Å². The van der Waals surface area contributed by atoms with E-state index in [1.807, 2.05) is 20.8 Å². The number of amides is 2. The lowest BCUT2D eigenvalue weighted by Crippen LogP contribution is -2.32. The van der Waals surface area contributed by atoms with Crippen molar-refractivity contribution < 1.29 is 9.59 Å². The number of rotatable bonds is 7. The first-order valence-corrected chi connectivity index (χ1v) is 7.37. The predicted molar refractivity (Wildman–Crippen MR) is 85.1 cm³/mol. The molecule has 2 atom stereocenters. The molecule has 2 amide bonds. The van der Waals surface area contributed by atoms with Crippen molar-refractivity contribution in [3.05, 3.63) is 29.8 Å². The Morgan fingerprint density at radius 3 is 2.52 bits per heavy atom. The standard InChI is InChI=1S/C16H25N3O2/c1-4-12(3)18-16(21)13-7-5-6-8-14(13)19-15(20)9-11(2)10-17/h5-8,11-12H,4,9-10,17H2,1-3H3,(H,18,21)(H,19,20). The summed E-state index contributed by atoms with van der Waals surface area (Å²) in [6, 6.07) is 7.11. The van der Waals surface area contributed by atoms with Crippen LogP contribution >= 0.6 is 0 Å². The number of nitrogens with one attached hydrogen (secondary N) is 2. The van der Waals surface area contributed by atoms with Gasteiger partial charge in [-0.2, -0.15) is 0 Å². The molecule has 4 N–H and O–H groups in total. The highest BCUT2D eigenvalue weighted by molar-refractivity contribution is 6.03. The van der Waals surface area contributed by atoms with E-state index in [1.54, 1.807) is 24.3 Å². The van der Waals surface area contributed by atoms with Crippen LogP contribution in [-0.2, 0) is 4.79 Å². The smallest absolute Gasteiger partial charge is 0.253 e. The highest BCUT2D eigenvalue weighted by atomic mass is 16.2. The Balaban J connectivity index is 2.79. The van der Waals surface area contributed by atoms with E-state index in [4.69, 9.17) is 5.73 Å². The lowest BCUT2D eigenvalue weighted by atomic mass is 10.1. The monoisotopic (exact) mass is 291 g/mol. The zero-order valence-electron chi connectivity index (χ0n) is 13.0. The average molecular weight is 291 g/mol. The molecule has 1 aromatic carbocycles. The molecule has 2 unspecified atom stereocenters. The third-order valence-electron chi connectivity index (χ3n) is 3.37. The molecule has 0 aliphatic heterocycles. The summed E-state index contributed by atoms with van der Waals surface area (Å²) in [5.74, 6) is -0.185. The Bertz CT molecular complexity index is 488. The van der Waals surface area contributed by atoms with Gasteiger partial charge in [-0.15, -0.1) is 0 Å². The molecule has 0 radical (unpaired) electrons. The van der Waals surface area contributed by atoms with Gasteiger partial charge in [0.25, 0.3) is 5.91 Å². The van der Waals surface area contributed by atoms with Crippen molar-refractivity contribution in [2.24, 2.45) is 11.7 Å². The Kier molecular flexibility index (Phi) is 6.88. The number of anilines is 1. The summed E-state index contributed by atoms with van der Waals surface area (Å²) in [6.07, 6.45) is 1.20. The second-order valence-electron chi connectivity index (χ2n) is 5.42. The molecule has 116 valence electrons. The Morgan fingerprint density at radius 1 is 1.24 bits per heavy atom.